The molecule has 0 radical (unpaired) electrons. The van der Waals surface area contributed by atoms with Gasteiger partial charge >= 0.3 is 0 Å². The van der Waals surface area contributed by atoms with Crippen LogP contribution in [0.2, 0.25) is 0 Å². The third-order valence-electron chi connectivity index (χ3n) is 2.23. The predicted molar refractivity (Wildman–Crippen MR) is 54.0 cm³/mol. The number of rotatable bonds is 5. The van der Waals surface area contributed by atoms with Crippen LogP contribution < -0.4 is 0 Å². The standard InChI is InChI=1S/C11H22O/c1-7-11(5,6)10(4)12-8-9(2)3/h9H,4,7-8H2,1-3,5-6H3. The van der Waals surface area contributed by atoms with Crippen LogP contribution in [0, 0.1) is 11.3 Å². The lowest BCUT2D eigenvalue weighted by Gasteiger charge is -2.26. The Bertz CT molecular complexity index is 145. The summed E-state index contributed by atoms with van der Waals surface area (Å²) in [4.78, 5) is 0. The van der Waals surface area contributed by atoms with E-state index in [1.807, 2.05) is 0 Å². The van der Waals surface area contributed by atoms with Crippen LogP contribution in [0.4, 0.5) is 0 Å². The lowest BCUT2D eigenvalue weighted by molar-refractivity contribution is 0.121. The van der Waals surface area contributed by atoms with Crippen LogP contribution in [0.5, 0.6) is 0 Å². The molecule has 0 aromatic rings. The zero-order valence-electron chi connectivity index (χ0n) is 9.11. The smallest absolute Gasteiger partial charge is 0.0944 e. The average molecular weight is 170 g/mol. The van der Waals surface area contributed by atoms with Gasteiger partial charge in [0.15, 0.2) is 0 Å². The quantitative estimate of drug-likeness (QED) is 0.573. The Labute approximate surface area is 76.8 Å². The van der Waals surface area contributed by atoms with E-state index in [1.54, 1.807) is 0 Å². The van der Waals surface area contributed by atoms with Crippen molar-refractivity contribution in [2.45, 2.75) is 41.0 Å². The molecule has 1 heteroatoms. The first-order valence-corrected chi connectivity index (χ1v) is 4.72. The maximum Gasteiger partial charge on any atom is 0.0944 e. The summed E-state index contributed by atoms with van der Waals surface area (Å²) in [7, 11) is 0. The highest BCUT2D eigenvalue weighted by molar-refractivity contribution is 4.97. The van der Waals surface area contributed by atoms with Crippen LogP contribution in [0.3, 0.4) is 0 Å². The molecule has 12 heavy (non-hydrogen) atoms. The van der Waals surface area contributed by atoms with Gasteiger partial charge < -0.3 is 4.74 Å². The van der Waals surface area contributed by atoms with E-state index in [0.717, 1.165) is 18.8 Å². The predicted octanol–water partition coefficient (Wildman–Crippen LogP) is 3.61. The van der Waals surface area contributed by atoms with Gasteiger partial charge in [0, 0.05) is 5.41 Å². The summed E-state index contributed by atoms with van der Waals surface area (Å²) < 4.78 is 5.56. The number of hydrogen-bond donors (Lipinski definition) is 0. The van der Waals surface area contributed by atoms with Gasteiger partial charge in [0.1, 0.15) is 0 Å². The molecule has 0 aliphatic heterocycles. The van der Waals surface area contributed by atoms with Gasteiger partial charge in [-0.1, -0.05) is 41.2 Å². The van der Waals surface area contributed by atoms with E-state index in [9.17, 15) is 0 Å². The monoisotopic (exact) mass is 170 g/mol. The summed E-state index contributed by atoms with van der Waals surface area (Å²) in [6.07, 6.45) is 1.07. The van der Waals surface area contributed by atoms with E-state index in [1.165, 1.54) is 0 Å². The Morgan fingerprint density at radius 1 is 1.42 bits per heavy atom. The summed E-state index contributed by atoms with van der Waals surface area (Å²) in [5.41, 5.74) is 0.120. The van der Waals surface area contributed by atoms with Crippen LogP contribution in [-0.2, 0) is 4.74 Å². The second kappa shape index (κ2) is 4.54. The first kappa shape index (κ1) is 11.5. The Kier molecular flexibility index (Phi) is 4.36. The van der Waals surface area contributed by atoms with E-state index in [4.69, 9.17) is 4.74 Å². The molecule has 1 nitrogen and oxygen atoms in total. The van der Waals surface area contributed by atoms with Gasteiger partial charge in [-0.3, -0.25) is 0 Å². The first-order valence-electron chi connectivity index (χ1n) is 4.72. The number of ether oxygens (including phenoxy) is 1. The van der Waals surface area contributed by atoms with Crippen molar-refractivity contribution >= 4 is 0 Å². The van der Waals surface area contributed by atoms with Crippen molar-refractivity contribution in [2.24, 2.45) is 11.3 Å². The van der Waals surface area contributed by atoms with Crippen LogP contribution in [0.25, 0.3) is 0 Å². The van der Waals surface area contributed by atoms with Crippen molar-refractivity contribution in [2.75, 3.05) is 6.61 Å². The molecule has 0 aromatic heterocycles. The summed E-state index contributed by atoms with van der Waals surface area (Å²) in [5, 5.41) is 0. The first-order chi connectivity index (χ1) is 5.40. The fourth-order valence-corrected chi connectivity index (χ4v) is 0.660. The minimum atomic E-state index is 0.120. The molecule has 0 bridgehead atoms. The fourth-order valence-electron chi connectivity index (χ4n) is 0.660. The topological polar surface area (TPSA) is 9.23 Å². The minimum absolute atomic E-state index is 0.120. The lowest BCUT2D eigenvalue weighted by atomic mass is 9.88. The molecular weight excluding hydrogens is 148 g/mol. The van der Waals surface area contributed by atoms with Gasteiger partial charge in [0.25, 0.3) is 0 Å². The third kappa shape index (κ3) is 3.80. The van der Waals surface area contributed by atoms with Gasteiger partial charge in [0.2, 0.25) is 0 Å². The third-order valence-corrected chi connectivity index (χ3v) is 2.23. The van der Waals surface area contributed by atoms with Crippen molar-refractivity contribution in [1.82, 2.24) is 0 Å². The van der Waals surface area contributed by atoms with E-state index >= 15 is 0 Å². The summed E-state index contributed by atoms with van der Waals surface area (Å²) in [5.74, 6) is 1.49. The maximum absolute atomic E-state index is 5.56. The minimum Gasteiger partial charge on any atom is -0.498 e. The Balaban J connectivity index is 3.88. The molecule has 0 aromatic carbocycles. The summed E-state index contributed by atoms with van der Waals surface area (Å²) >= 11 is 0. The van der Waals surface area contributed by atoms with Gasteiger partial charge in [0.05, 0.1) is 12.4 Å². The Morgan fingerprint density at radius 3 is 2.25 bits per heavy atom. The molecule has 0 rings (SSSR count). The fraction of sp³-hybridized carbons (Fsp3) is 0.818. The Morgan fingerprint density at radius 2 is 1.92 bits per heavy atom. The van der Waals surface area contributed by atoms with Crippen molar-refractivity contribution in [3.05, 3.63) is 12.3 Å². The molecular formula is C11H22O. The highest BCUT2D eigenvalue weighted by Gasteiger charge is 2.20. The zero-order chi connectivity index (χ0) is 9.78. The number of hydrogen-bond acceptors (Lipinski definition) is 1. The largest absolute Gasteiger partial charge is 0.498 e. The highest BCUT2D eigenvalue weighted by Crippen LogP contribution is 2.29. The highest BCUT2D eigenvalue weighted by atomic mass is 16.5. The van der Waals surface area contributed by atoms with Crippen molar-refractivity contribution in [3.63, 3.8) is 0 Å². The molecule has 0 aliphatic rings. The van der Waals surface area contributed by atoms with Crippen LogP contribution >= 0.6 is 0 Å². The second-order valence-electron chi connectivity index (χ2n) is 4.37. The average Bonchev–Trinajstić information content (AvgIpc) is 2.00. The molecule has 0 N–H and O–H groups in total. The second-order valence-corrected chi connectivity index (χ2v) is 4.37. The van der Waals surface area contributed by atoms with E-state index < -0.39 is 0 Å². The van der Waals surface area contributed by atoms with Crippen LogP contribution in [0.15, 0.2) is 12.3 Å². The molecule has 0 saturated carbocycles. The van der Waals surface area contributed by atoms with Gasteiger partial charge in [-0.05, 0) is 12.3 Å². The Hall–Kier alpha value is -0.460. The molecule has 0 atom stereocenters. The number of allylic oxidation sites excluding steroid dienone is 1. The van der Waals surface area contributed by atoms with Crippen LogP contribution in [0.1, 0.15) is 41.0 Å². The normalized spacial score (nSPS) is 11.8. The van der Waals surface area contributed by atoms with E-state index in [2.05, 4.69) is 41.2 Å². The molecule has 72 valence electrons. The summed E-state index contributed by atoms with van der Waals surface area (Å²) in [6, 6.07) is 0. The molecule has 0 spiro atoms. The van der Waals surface area contributed by atoms with Crippen LogP contribution in [-0.4, -0.2) is 6.61 Å². The van der Waals surface area contributed by atoms with Crippen molar-refractivity contribution < 1.29 is 4.74 Å². The van der Waals surface area contributed by atoms with Gasteiger partial charge in [-0.25, -0.2) is 0 Å². The maximum atomic E-state index is 5.56. The SMILES string of the molecule is C=C(OCC(C)C)C(C)(C)CC. The molecule has 0 fully saturated rings. The summed E-state index contributed by atoms with van der Waals surface area (Å²) in [6.45, 7) is 15.5. The molecule has 0 heterocycles. The molecule has 0 unspecified atom stereocenters. The molecule has 0 saturated heterocycles. The van der Waals surface area contributed by atoms with Gasteiger partial charge in [-0.2, -0.15) is 0 Å². The zero-order valence-corrected chi connectivity index (χ0v) is 9.11. The van der Waals surface area contributed by atoms with Crippen molar-refractivity contribution in [1.29, 1.82) is 0 Å². The van der Waals surface area contributed by atoms with Gasteiger partial charge in [-0.15, -0.1) is 0 Å². The van der Waals surface area contributed by atoms with E-state index in [-0.39, 0.29) is 5.41 Å². The molecule has 0 aliphatic carbocycles. The van der Waals surface area contributed by atoms with E-state index in [0.29, 0.717) is 5.92 Å². The molecule has 0 amide bonds. The lowest BCUT2D eigenvalue weighted by Crippen LogP contribution is -2.16. The van der Waals surface area contributed by atoms with Crippen molar-refractivity contribution in [3.8, 4) is 0 Å².